The zero-order valence-electron chi connectivity index (χ0n) is 17.4. The second kappa shape index (κ2) is 9.05. The summed E-state index contributed by atoms with van der Waals surface area (Å²) in [6, 6.07) is 8.19. The van der Waals surface area contributed by atoms with Gasteiger partial charge in [0.2, 0.25) is 11.8 Å². The van der Waals surface area contributed by atoms with E-state index in [0.717, 1.165) is 51.2 Å². The van der Waals surface area contributed by atoms with E-state index in [9.17, 15) is 9.59 Å². The topological polar surface area (TPSA) is 53.1 Å². The number of aryl methyl sites for hydroxylation is 1. The molecule has 0 aromatic heterocycles. The van der Waals surface area contributed by atoms with Gasteiger partial charge in [-0.1, -0.05) is 29.8 Å². The summed E-state index contributed by atoms with van der Waals surface area (Å²) in [5, 5.41) is 0. The Bertz CT molecular complexity index is 679. The number of carbonyl (C=O) groups excluding carboxylic acids is 2. The fourth-order valence-corrected chi connectivity index (χ4v) is 4.07. The largest absolute Gasteiger partial charge is 0.379 e. The van der Waals surface area contributed by atoms with Gasteiger partial charge in [-0.15, -0.1) is 0 Å². The van der Waals surface area contributed by atoms with E-state index in [-0.39, 0.29) is 17.2 Å². The lowest BCUT2D eigenvalue weighted by atomic mass is 9.78. The fourth-order valence-electron chi connectivity index (χ4n) is 4.07. The van der Waals surface area contributed by atoms with Crippen LogP contribution in [0.1, 0.15) is 24.0 Å². The van der Waals surface area contributed by atoms with E-state index in [1.54, 1.807) is 19.0 Å². The lowest BCUT2D eigenvalue weighted by Gasteiger charge is -2.42. The average Bonchev–Trinajstić information content (AvgIpc) is 2.86. The van der Waals surface area contributed by atoms with Crippen molar-refractivity contribution >= 4 is 11.8 Å². The van der Waals surface area contributed by atoms with Gasteiger partial charge >= 0.3 is 0 Å². The molecule has 1 spiro atoms. The fraction of sp³-hybridized carbons (Fsp3) is 0.636. The molecule has 2 aliphatic rings. The number of ether oxygens (including phenoxy) is 1. The van der Waals surface area contributed by atoms with Crippen molar-refractivity contribution in [3.05, 3.63) is 35.4 Å². The van der Waals surface area contributed by atoms with E-state index in [4.69, 9.17) is 4.74 Å². The maximum Gasteiger partial charge on any atom is 0.236 e. The SMILES string of the molecule is Cc1ccc(CC(=O)N2CCC3(CC2)COCCN(CC(=O)N(C)C)C3)cc1. The van der Waals surface area contributed by atoms with Crippen LogP contribution >= 0.6 is 0 Å². The molecule has 154 valence electrons. The van der Waals surface area contributed by atoms with Gasteiger partial charge in [0.15, 0.2) is 0 Å². The first-order chi connectivity index (χ1) is 13.4. The Morgan fingerprint density at radius 1 is 1.11 bits per heavy atom. The molecule has 2 aliphatic heterocycles. The molecule has 0 N–H and O–H groups in total. The van der Waals surface area contributed by atoms with Crippen LogP contribution in [-0.2, 0) is 20.7 Å². The van der Waals surface area contributed by atoms with Gasteiger partial charge in [-0.3, -0.25) is 14.5 Å². The van der Waals surface area contributed by atoms with E-state index in [0.29, 0.717) is 19.6 Å². The molecule has 1 aromatic carbocycles. The Kier molecular flexibility index (Phi) is 6.73. The summed E-state index contributed by atoms with van der Waals surface area (Å²) >= 11 is 0. The highest BCUT2D eigenvalue weighted by Crippen LogP contribution is 2.34. The highest BCUT2D eigenvalue weighted by atomic mass is 16.5. The lowest BCUT2D eigenvalue weighted by Crippen LogP contribution is -2.50. The summed E-state index contributed by atoms with van der Waals surface area (Å²) in [7, 11) is 3.59. The average molecular weight is 388 g/mol. The van der Waals surface area contributed by atoms with Gasteiger partial charge in [0.05, 0.1) is 26.2 Å². The first kappa shape index (κ1) is 20.8. The third-order valence-corrected chi connectivity index (χ3v) is 6.03. The van der Waals surface area contributed by atoms with Gasteiger partial charge in [0.25, 0.3) is 0 Å². The Morgan fingerprint density at radius 3 is 2.43 bits per heavy atom. The van der Waals surface area contributed by atoms with Gasteiger partial charge < -0.3 is 14.5 Å². The van der Waals surface area contributed by atoms with Crippen molar-refractivity contribution < 1.29 is 14.3 Å². The molecule has 2 heterocycles. The first-order valence-corrected chi connectivity index (χ1v) is 10.2. The van der Waals surface area contributed by atoms with E-state index in [2.05, 4.69) is 24.0 Å². The molecule has 2 saturated heterocycles. The minimum absolute atomic E-state index is 0.0454. The van der Waals surface area contributed by atoms with Crippen LogP contribution < -0.4 is 0 Å². The van der Waals surface area contributed by atoms with Crippen LogP contribution in [0, 0.1) is 12.3 Å². The van der Waals surface area contributed by atoms with Gasteiger partial charge in [0, 0.05) is 45.7 Å². The summed E-state index contributed by atoms with van der Waals surface area (Å²) in [5.74, 6) is 0.329. The summed E-state index contributed by atoms with van der Waals surface area (Å²) in [6.07, 6.45) is 2.33. The monoisotopic (exact) mass is 387 g/mol. The Labute approximate surface area is 168 Å². The van der Waals surface area contributed by atoms with Crippen molar-refractivity contribution in [2.45, 2.75) is 26.2 Å². The molecule has 0 saturated carbocycles. The van der Waals surface area contributed by atoms with E-state index >= 15 is 0 Å². The highest BCUT2D eigenvalue weighted by molar-refractivity contribution is 5.79. The normalized spacial score (nSPS) is 20.0. The van der Waals surface area contributed by atoms with Crippen LogP contribution in [0.4, 0.5) is 0 Å². The number of likely N-dealkylation sites (N-methyl/N-ethyl adjacent to an activating group) is 1. The molecule has 0 aliphatic carbocycles. The van der Waals surface area contributed by atoms with Crippen LogP contribution in [-0.4, -0.2) is 86.5 Å². The third-order valence-electron chi connectivity index (χ3n) is 6.03. The highest BCUT2D eigenvalue weighted by Gasteiger charge is 2.39. The molecule has 0 atom stereocenters. The van der Waals surface area contributed by atoms with Crippen molar-refractivity contribution in [3.8, 4) is 0 Å². The number of likely N-dealkylation sites (tertiary alicyclic amines) is 1. The van der Waals surface area contributed by atoms with Crippen molar-refractivity contribution in [1.29, 1.82) is 0 Å². The maximum absolute atomic E-state index is 12.7. The number of rotatable bonds is 4. The molecule has 1 aromatic rings. The molecule has 0 radical (unpaired) electrons. The number of amides is 2. The molecule has 6 nitrogen and oxygen atoms in total. The van der Waals surface area contributed by atoms with Gasteiger partial charge in [-0.2, -0.15) is 0 Å². The molecule has 0 unspecified atom stereocenters. The predicted octanol–water partition coefficient (Wildman–Crippen LogP) is 1.57. The van der Waals surface area contributed by atoms with Gasteiger partial charge in [0.1, 0.15) is 0 Å². The zero-order chi connectivity index (χ0) is 20.1. The minimum Gasteiger partial charge on any atom is -0.379 e. The van der Waals surface area contributed by atoms with Crippen LogP contribution in [0.5, 0.6) is 0 Å². The lowest BCUT2D eigenvalue weighted by molar-refractivity contribution is -0.133. The van der Waals surface area contributed by atoms with Crippen LogP contribution in [0.3, 0.4) is 0 Å². The van der Waals surface area contributed by atoms with Crippen molar-refractivity contribution in [2.75, 3.05) is 60.0 Å². The van der Waals surface area contributed by atoms with Crippen LogP contribution in [0.2, 0.25) is 0 Å². The smallest absolute Gasteiger partial charge is 0.236 e. The third kappa shape index (κ3) is 5.32. The molecule has 28 heavy (non-hydrogen) atoms. The number of piperidine rings is 1. The van der Waals surface area contributed by atoms with Gasteiger partial charge in [-0.25, -0.2) is 0 Å². The summed E-state index contributed by atoms with van der Waals surface area (Å²) in [5.41, 5.74) is 2.33. The van der Waals surface area contributed by atoms with E-state index < -0.39 is 0 Å². The molecule has 3 rings (SSSR count). The number of benzene rings is 1. The summed E-state index contributed by atoms with van der Waals surface area (Å²) in [4.78, 5) is 30.7. The van der Waals surface area contributed by atoms with Crippen molar-refractivity contribution in [2.24, 2.45) is 5.41 Å². The molecule has 6 heteroatoms. The van der Waals surface area contributed by atoms with Crippen molar-refractivity contribution in [1.82, 2.24) is 14.7 Å². The zero-order valence-corrected chi connectivity index (χ0v) is 17.4. The number of hydrogen-bond acceptors (Lipinski definition) is 4. The standard InChI is InChI=1S/C22H33N3O3/c1-18-4-6-19(7-5-18)14-20(26)25-10-8-22(9-11-25)16-24(12-13-28-17-22)15-21(27)23(2)3/h4-7H,8-17H2,1-3H3. The van der Waals surface area contributed by atoms with E-state index in [1.165, 1.54) is 5.56 Å². The summed E-state index contributed by atoms with van der Waals surface area (Å²) < 4.78 is 5.89. The second-order valence-corrected chi connectivity index (χ2v) is 8.59. The molecule has 2 fully saturated rings. The maximum atomic E-state index is 12.7. The first-order valence-electron chi connectivity index (χ1n) is 10.2. The second-order valence-electron chi connectivity index (χ2n) is 8.59. The minimum atomic E-state index is 0.0454. The predicted molar refractivity (Wildman–Crippen MR) is 109 cm³/mol. The van der Waals surface area contributed by atoms with Gasteiger partial charge in [-0.05, 0) is 25.3 Å². The molecular weight excluding hydrogens is 354 g/mol. The molecule has 0 bridgehead atoms. The van der Waals surface area contributed by atoms with E-state index in [1.807, 2.05) is 17.0 Å². The number of carbonyl (C=O) groups is 2. The Morgan fingerprint density at radius 2 is 1.79 bits per heavy atom. The number of hydrogen-bond donors (Lipinski definition) is 0. The number of nitrogens with zero attached hydrogens (tertiary/aromatic N) is 3. The van der Waals surface area contributed by atoms with Crippen molar-refractivity contribution in [3.63, 3.8) is 0 Å². The molecule has 2 amide bonds. The van der Waals surface area contributed by atoms with Crippen LogP contribution in [0.25, 0.3) is 0 Å². The van der Waals surface area contributed by atoms with Crippen LogP contribution in [0.15, 0.2) is 24.3 Å². The quantitative estimate of drug-likeness (QED) is 0.787. The Hall–Kier alpha value is -1.92. The molecular formula is C22H33N3O3. The summed E-state index contributed by atoms with van der Waals surface area (Å²) in [6.45, 7) is 7.07. The Balaban J connectivity index is 1.55.